The number of hydrazine groups is 1. The summed E-state index contributed by atoms with van der Waals surface area (Å²) in [6.45, 7) is 2.61. The number of rotatable bonds is 2. The number of amides is 1. The predicted octanol–water partition coefficient (Wildman–Crippen LogP) is 1.18. The van der Waals surface area contributed by atoms with Crippen LogP contribution in [0.25, 0.3) is 0 Å². The van der Waals surface area contributed by atoms with Crippen LogP contribution < -0.4 is 15.2 Å². The van der Waals surface area contributed by atoms with Gasteiger partial charge in [0.2, 0.25) is 5.91 Å². The number of ether oxygens (including phenoxy) is 1. The second kappa shape index (κ2) is 3.81. The highest BCUT2D eigenvalue weighted by atomic mass is 16.5. The Bertz CT molecular complexity index is 379. The van der Waals surface area contributed by atoms with Crippen molar-refractivity contribution in [1.82, 2.24) is 5.43 Å². The van der Waals surface area contributed by atoms with Crippen molar-refractivity contribution in [3.63, 3.8) is 0 Å². The lowest BCUT2D eigenvalue weighted by Gasteiger charge is -2.17. The first-order chi connectivity index (χ1) is 7.20. The second-order valence-corrected chi connectivity index (χ2v) is 3.69. The summed E-state index contributed by atoms with van der Waals surface area (Å²) < 4.78 is 5.13. The normalized spacial score (nSPS) is 20.3. The number of hydrogen-bond acceptors (Lipinski definition) is 3. The molecule has 1 amide bonds. The van der Waals surface area contributed by atoms with Gasteiger partial charge in [0.05, 0.1) is 25.3 Å². The first-order valence-corrected chi connectivity index (χ1v) is 4.93. The van der Waals surface area contributed by atoms with Gasteiger partial charge in [0, 0.05) is 6.07 Å². The van der Waals surface area contributed by atoms with Crippen LogP contribution in [0.15, 0.2) is 24.3 Å². The molecule has 2 rings (SSSR count). The summed E-state index contributed by atoms with van der Waals surface area (Å²) in [5.74, 6) is 0.898. The highest BCUT2D eigenvalue weighted by Gasteiger charge is 2.26. The van der Waals surface area contributed by atoms with Crippen molar-refractivity contribution >= 4 is 11.6 Å². The van der Waals surface area contributed by atoms with Crippen molar-refractivity contribution in [2.24, 2.45) is 5.92 Å². The Labute approximate surface area is 88.8 Å². The van der Waals surface area contributed by atoms with Crippen LogP contribution in [-0.4, -0.2) is 19.6 Å². The lowest BCUT2D eigenvalue weighted by molar-refractivity contribution is -0.121. The number of methoxy groups -OCH3 is 1. The number of benzene rings is 1. The maximum atomic E-state index is 11.3. The van der Waals surface area contributed by atoms with Crippen LogP contribution in [0.2, 0.25) is 0 Å². The molecule has 1 heterocycles. The molecule has 1 unspecified atom stereocenters. The average molecular weight is 206 g/mol. The van der Waals surface area contributed by atoms with Crippen LogP contribution in [0.4, 0.5) is 5.69 Å². The lowest BCUT2D eigenvalue weighted by Crippen LogP contribution is -2.32. The fourth-order valence-electron chi connectivity index (χ4n) is 1.59. The van der Waals surface area contributed by atoms with Crippen LogP contribution in [0.1, 0.15) is 6.92 Å². The van der Waals surface area contributed by atoms with Crippen molar-refractivity contribution in [3.05, 3.63) is 24.3 Å². The SMILES string of the molecule is COc1cccc(N2CC(C)C(=O)N2)c1. The molecule has 1 aromatic carbocycles. The summed E-state index contributed by atoms with van der Waals surface area (Å²) >= 11 is 0. The first kappa shape index (κ1) is 9.83. The maximum absolute atomic E-state index is 11.3. The molecule has 1 aliphatic rings. The van der Waals surface area contributed by atoms with E-state index < -0.39 is 0 Å². The van der Waals surface area contributed by atoms with Gasteiger partial charge in [-0.15, -0.1) is 0 Å². The molecule has 1 fully saturated rings. The summed E-state index contributed by atoms with van der Waals surface area (Å²) in [7, 11) is 1.63. The van der Waals surface area contributed by atoms with Gasteiger partial charge in [-0.2, -0.15) is 0 Å². The quantitative estimate of drug-likeness (QED) is 0.790. The van der Waals surface area contributed by atoms with Crippen molar-refractivity contribution < 1.29 is 9.53 Å². The van der Waals surface area contributed by atoms with Gasteiger partial charge in [0.1, 0.15) is 5.75 Å². The van der Waals surface area contributed by atoms with E-state index in [1.165, 1.54) is 0 Å². The molecule has 1 saturated heterocycles. The molecule has 1 atom stereocenters. The monoisotopic (exact) mass is 206 g/mol. The third-order valence-corrected chi connectivity index (χ3v) is 2.51. The minimum Gasteiger partial charge on any atom is -0.497 e. The summed E-state index contributed by atoms with van der Waals surface area (Å²) in [5.41, 5.74) is 3.76. The predicted molar refractivity (Wildman–Crippen MR) is 57.6 cm³/mol. The Morgan fingerprint density at radius 2 is 2.33 bits per heavy atom. The number of nitrogens with zero attached hydrogens (tertiary/aromatic N) is 1. The van der Waals surface area contributed by atoms with Crippen LogP contribution in [0, 0.1) is 5.92 Å². The fraction of sp³-hybridized carbons (Fsp3) is 0.364. The van der Waals surface area contributed by atoms with Crippen molar-refractivity contribution in [2.75, 3.05) is 18.7 Å². The molecule has 0 saturated carbocycles. The minimum atomic E-state index is 0.0381. The Hall–Kier alpha value is -1.71. The van der Waals surface area contributed by atoms with E-state index in [0.29, 0.717) is 6.54 Å². The number of hydrogen-bond donors (Lipinski definition) is 1. The topological polar surface area (TPSA) is 41.6 Å². The van der Waals surface area contributed by atoms with E-state index in [1.807, 2.05) is 36.2 Å². The summed E-state index contributed by atoms with van der Waals surface area (Å²) in [6.07, 6.45) is 0. The van der Waals surface area contributed by atoms with E-state index in [2.05, 4.69) is 5.43 Å². The number of anilines is 1. The molecule has 1 aliphatic heterocycles. The molecule has 80 valence electrons. The average Bonchev–Trinajstić information content (AvgIpc) is 2.59. The molecule has 15 heavy (non-hydrogen) atoms. The number of carbonyl (C=O) groups excluding carboxylic acids is 1. The number of nitrogens with one attached hydrogen (secondary N) is 1. The molecule has 1 aromatic rings. The third kappa shape index (κ3) is 1.88. The van der Waals surface area contributed by atoms with Gasteiger partial charge >= 0.3 is 0 Å². The van der Waals surface area contributed by atoms with E-state index in [0.717, 1.165) is 11.4 Å². The molecule has 0 spiro atoms. The zero-order valence-corrected chi connectivity index (χ0v) is 8.86. The van der Waals surface area contributed by atoms with Gasteiger partial charge in [-0.25, -0.2) is 0 Å². The van der Waals surface area contributed by atoms with Gasteiger partial charge in [0.15, 0.2) is 0 Å². The Morgan fingerprint density at radius 3 is 2.93 bits per heavy atom. The highest BCUT2D eigenvalue weighted by molar-refractivity contribution is 5.83. The zero-order valence-electron chi connectivity index (χ0n) is 8.86. The minimum absolute atomic E-state index is 0.0381. The van der Waals surface area contributed by atoms with Gasteiger partial charge in [-0.3, -0.25) is 15.2 Å². The summed E-state index contributed by atoms with van der Waals surface area (Å²) in [4.78, 5) is 11.3. The molecule has 4 heteroatoms. The molecule has 0 radical (unpaired) electrons. The van der Waals surface area contributed by atoms with Crippen LogP contribution in [-0.2, 0) is 4.79 Å². The smallest absolute Gasteiger partial charge is 0.243 e. The zero-order chi connectivity index (χ0) is 10.8. The van der Waals surface area contributed by atoms with Gasteiger partial charge in [0.25, 0.3) is 0 Å². The van der Waals surface area contributed by atoms with Crippen LogP contribution in [0.3, 0.4) is 0 Å². The largest absolute Gasteiger partial charge is 0.497 e. The molecule has 0 aromatic heterocycles. The molecule has 4 nitrogen and oxygen atoms in total. The van der Waals surface area contributed by atoms with E-state index >= 15 is 0 Å². The summed E-state index contributed by atoms with van der Waals surface area (Å²) in [6, 6.07) is 7.63. The van der Waals surface area contributed by atoms with Gasteiger partial charge in [-0.1, -0.05) is 13.0 Å². The van der Waals surface area contributed by atoms with Crippen LogP contribution >= 0.6 is 0 Å². The molecular formula is C11H14N2O2. The molecule has 0 bridgehead atoms. The van der Waals surface area contributed by atoms with Crippen molar-refractivity contribution in [1.29, 1.82) is 0 Å². The Balaban J connectivity index is 2.19. The molecule has 0 aliphatic carbocycles. The maximum Gasteiger partial charge on any atom is 0.243 e. The van der Waals surface area contributed by atoms with E-state index in [9.17, 15) is 4.79 Å². The summed E-state index contributed by atoms with van der Waals surface area (Å²) in [5, 5.41) is 1.84. The van der Waals surface area contributed by atoms with Crippen LogP contribution in [0.5, 0.6) is 5.75 Å². The van der Waals surface area contributed by atoms with E-state index in [1.54, 1.807) is 7.11 Å². The highest BCUT2D eigenvalue weighted by Crippen LogP contribution is 2.22. The Morgan fingerprint density at radius 1 is 1.53 bits per heavy atom. The van der Waals surface area contributed by atoms with E-state index in [-0.39, 0.29) is 11.8 Å². The second-order valence-electron chi connectivity index (χ2n) is 3.69. The van der Waals surface area contributed by atoms with Gasteiger partial charge < -0.3 is 4.74 Å². The standard InChI is InChI=1S/C11H14N2O2/c1-8-7-13(12-11(8)14)9-4-3-5-10(6-9)15-2/h3-6,8H,7H2,1-2H3,(H,12,14). The molecule has 1 N–H and O–H groups in total. The van der Waals surface area contributed by atoms with E-state index in [4.69, 9.17) is 4.74 Å². The molecular weight excluding hydrogens is 192 g/mol. The van der Waals surface area contributed by atoms with Crippen molar-refractivity contribution in [3.8, 4) is 5.75 Å². The van der Waals surface area contributed by atoms with Gasteiger partial charge in [-0.05, 0) is 12.1 Å². The number of carbonyl (C=O) groups is 1. The lowest BCUT2D eigenvalue weighted by atomic mass is 10.2. The Kier molecular flexibility index (Phi) is 2.49. The fourth-order valence-corrected chi connectivity index (χ4v) is 1.59. The third-order valence-electron chi connectivity index (χ3n) is 2.51. The van der Waals surface area contributed by atoms with Crippen molar-refractivity contribution in [2.45, 2.75) is 6.92 Å². The first-order valence-electron chi connectivity index (χ1n) is 4.93.